The fraction of sp³-hybridized carbons (Fsp3) is 0.353. The van der Waals surface area contributed by atoms with Gasteiger partial charge >= 0.3 is 5.97 Å². The summed E-state index contributed by atoms with van der Waals surface area (Å²) in [4.78, 5) is 11.7. The van der Waals surface area contributed by atoms with Crippen LogP contribution >= 0.6 is 0 Å². The molecule has 0 bridgehead atoms. The molecule has 0 radical (unpaired) electrons. The Morgan fingerprint density at radius 3 is 2.74 bits per heavy atom. The molecule has 0 aliphatic carbocycles. The van der Waals surface area contributed by atoms with E-state index >= 15 is 0 Å². The average molecular weight is 256 g/mol. The number of ether oxygens (including phenoxy) is 1. The summed E-state index contributed by atoms with van der Waals surface area (Å²) in [5.41, 5.74) is 1.98. The molecule has 0 unspecified atom stereocenters. The van der Waals surface area contributed by atoms with Crippen LogP contribution in [0.5, 0.6) is 0 Å². The largest absolute Gasteiger partial charge is 0.465 e. The fourth-order valence-corrected chi connectivity index (χ4v) is 2.36. The molecule has 2 aromatic carbocycles. The van der Waals surface area contributed by atoms with Gasteiger partial charge < -0.3 is 4.74 Å². The van der Waals surface area contributed by atoms with Crippen molar-refractivity contribution in [3.05, 3.63) is 47.5 Å². The van der Waals surface area contributed by atoms with Gasteiger partial charge in [0.05, 0.1) is 12.7 Å². The van der Waals surface area contributed by atoms with Gasteiger partial charge in [-0.15, -0.1) is 0 Å². The molecule has 0 saturated carbocycles. The lowest BCUT2D eigenvalue weighted by Gasteiger charge is -2.07. The maximum absolute atomic E-state index is 11.7. The quantitative estimate of drug-likeness (QED) is 0.587. The maximum atomic E-state index is 11.7. The predicted octanol–water partition coefficient (Wildman–Crippen LogP) is 4.36. The number of carbonyl (C=O) groups excluding carboxylic acids is 1. The van der Waals surface area contributed by atoms with Crippen LogP contribution < -0.4 is 0 Å². The molecule has 0 atom stereocenters. The summed E-state index contributed by atoms with van der Waals surface area (Å²) in [7, 11) is 1.42. The van der Waals surface area contributed by atoms with E-state index in [1.165, 1.54) is 31.9 Å². The summed E-state index contributed by atoms with van der Waals surface area (Å²) in [6.45, 7) is 2.21. The lowest BCUT2D eigenvalue weighted by Crippen LogP contribution is -2.01. The summed E-state index contributed by atoms with van der Waals surface area (Å²) in [6.07, 6.45) is 4.82. The van der Waals surface area contributed by atoms with E-state index in [4.69, 9.17) is 4.74 Å². The Labute approximate surface area is 114 Å². The van der Waals surface area contributed by atoms with E-state index in [1.54, 1.807) is 0 Å². The van der Waals surface area contributed by atoms with Crippen LogP contribution in [-0.4, -0.2) is 13.1 Å². The Morgan fingerprint density at radius 1 is 1.16 bits per heavy atom. The third-order valence-electron chi connectivity index (χ3n) is 3.42. The molecule has 2 nitrogen and oxygen atoms in total. The first kappa shape index (κ1) is 13.6. The molecule has 2 rings (SSSR count). The molecule has 0 N–H and O–H groups in total. The van der Waals surface area contributed by atoms with Crippen LogP contribution in [0.2, 0.25) is 0 Å². The van der Waals surface area contributed by atoms with Crippen molar-refractivity contribution in [1.29, 1.82) is 0 Å². The average Bonchev–Trinajstić information content (AvgIpc) is 2.46. The Bertz CT molecular complexity index is 572. The number of aryl methyl sites for hydroxylation is 1. The number of carbonyl (C=O) groups is 1. The predicted molar refractivity (Wildman–Crippen MR) is 78.5 cm³/mol. The Morgan fingerprint density at radius 2 is 2.00 bits per heavy atom. The van der Waals surface area contributed by atoms with Crippen molar-refractivity contribution in [3.63, 3.8) is 0 Å². The summed E-state index contributed by atoms with van der Waals surface area (Å²) < 4.78 is 4.82. The summed E-state index contributed by atoms with van der Waals surface area (Å²) >= 11 is 0. The summed E-state index contributed by atoms with van der Waals surface area (Å²) in [5.74, 6) is -0.274. The highest BCUT2D eigenvalue weighted by molar-refractivity contribution is 6.04. The minimum atomic E-state index is -0.274. The van der Waals surface area contributed by atoms with Crippen LogP contribution in [0, 0.1) is 0 Å². The lowest BCUT2D eigenvalue weighted by molar-refractivity contribution is 0.0603. The van der Waals surface area contributed by atoms with Gasteiger partial charge in [0.2, 0.25) is 0 Å². The van der Waals surface area contributed by atoms with Crippen LogP contribution in [0.4, 0.5) is 0 Å². The second kappa shape index (κ2) is 6.37. The van der Waals surface area contributed by atoms with Crippen molar-refractivity contribution >= 4 is 16.7 Å². The van der Waals surface area contributed by atoms with E-state index in [0.29, 0.717) is 5.56 Å². The van der Waals surface area contributed by atoms with Gasteiger partial charge in [0.25, 0.3) is 0 Å². The van der Waals surface area contributed by atoms with E-state index < -0.39 is 0 Å². The fourth-order valence-electron chi connectivity index (χ4n) is 2.36. The number of unbranched alkanes of at least 4 members (excludes halogenated alkanes) is 2. The van der Waals surface area contributed by atoms with Gasteiger partial charge in [0, 0.05) is 0 Å². The second-order valence-corrected chi connectivity index (χ2v) is 4.81. The number of fused-ring (bicyclic) bond motifs is 1. The minimum Gasteiger partial charge on any atom is -0.465 e. The van der Waals surface area contributed by atoms with Crippen molar-refractivity contribution in [1.82, 2.24) is 0 Å². The van der Waals surface area contributed by atoms with Crippen LogP contribution in [0.15, 0.2) is 36.4 Å². The Kier molecular flexibility index (Phi) is 4.56. The molecule has 0 fully saturated rings. The van der Waals surface area contributed by atoms with E-state index in [9.17, 15) is 4.79 Å². The normalized spacial score (nSPS) is 10.6. The molecular formula is C17H20O2. The molecule has 0 saturated heterocycles. The van der Waals surface area contributed by atoms with Gasteiger partial charge in [-0.1, -0.05) is 50.1 Å². The van der Waals surface area contributed by atoms with E-state index in [2.05, 4.69) is 19.1 Å². The van der Waals surface area contributed by atoms with Gasteiger partial charge in [-0.3, -0.25) is 0 Å². The summed E-state index contributed by atoms with van der Waals surface area (Å²) in [5, 5.41) is 2.07. The van der Waals surface area contributed by atoms with Gasteiger partial charge in [0.15, 0.2) is 0 Å². The van der Waals surface area contributed by atoms with Gasteiger partial charge in [0.1, 0.15) is 0 Å². The smallest absolute Gasteiger partial charge is 0.338 e. The number of esters is 1. The van der Waals surface area contributed by atoms with Crippen LogP contribution in [0.3, 0.4) is 0 Å². The first-order valence-electron chi connectivity index (χ1n) is 6.86. The SMILES string of the molecule is CCCCCc1ccc2c(C(=O)OC)cccc2c1. The molecular weight excluding hydrogens is 236 g/mol. The Hall–Kier alpha value is -1.83. The molecule has 0 aliphatic rings. The van der Waals surface area contributed by atoms with Crippen LogP contribution in [-0.2, 0) is 11.2 Å². The molecule has 19 heavy (non-hydrogen) atoms. The topological polar surface area (TPSA) is 26.3 Å². The number of benzene rings is 2. The molecule has 0 amide bonds. The van der Waals surface area contributed by atoms with Crippen molar-refractivity contribution < 1.29 is 9.53 Å². The Balaban J connectivity index is 2.31. The van der Waals surface area contributed by atoms with Gasteiger partial charge in [-0.25, -0.2) is 4.79 Å². The zero-order valence-electron chi connectivity index (χ0n) is 11.6. The number of hydrogen-bond acceptors (Lipinski definition) is 2. The highest BCUT2D eigenvalue weighted by Gasteiger charge is 2.09. The van der Waals surface area contributed by atoms with Crippen molar-refractivity contribution in [2.24, 2.45) is 0 Å². The van der Waals surface area contributed by atoms with Crippen LogP contribution in [0.25, 0.3) is 10.8 Å². The van der Waals surface area contributed by atoms with E-state index in [-0.39, 0.29) is 5.97 Å². The zero-order valence-corrected chi connectivity index (χ0v) is 11.6. The third-order valence-corrected chi connectivity index (χ3v) is 3.42. The molecule has 0 aliphatic heterocycles. The molecule has 100 valence electrons. The molecule has 0 aromatic heterocycles. The molecule has 2 heteroatoms. The number of methoxy groups -OCH3 is 1. The van der Waals surface area contributed by atoms with Crippen molar-refractivity contribution in [2.75, 3.05) is 7.11 Å². The first-order valence-corrected chi connectivity index (χ1v) is 6.86. The van der Waals surface area contributed by atoms with Crippen molar-refractivity contribution in [3.8, 4) is 0 Å². The standard InChI is InChI=1S/C17H20O2/c1-3-4-5-7-13-10-11-15-14(12-13)8-6-9-16(15)17(18)19-2/h6,8-12H,3-5,7H2,1-2H3. The van der Waals surface area contributed by atoms with Crippen molar-refractivity contribution in [2.45, 2.75) is 32.6 Å². The molecule has 0 spiro atoms. The lowest BCUT2D eigenvalue weighted by atomic mass is 9.99. The van der Waals surface area contributed by atoms with E-state index in [0.717, 1.165) is 17.2 Å². The summed E-state index contributed by atoms with van der Waals surface area (Å²) in [6, 6.07) is 12.1. The monoisotopic (exact) mass is 256 g/mol. The number of rotatable bonds is 5. The maximum Gasteiger partial charge on any atom is 0.338 e. The van der Waals surface area contributed by atoms with Gasteiger partial charge in [-0.2, -0.15) is 0 Å². The number of hydrogen-bond donors (Lipinski definition) is 0. The van der Waals surface area contributed by atoms with Crippen LogP contribution in [0.1, 0.15) is 42.1 Å². The third kappa shape index (κ3) is 3.14. The molecule has 0 heterocycles. The first-order chi connectivity index (χ1) is 9.26. The highest BCUT2D eigenvalue weighted by Crippen LogP contribution is 2.22. The minimum absolute atomic E-state index is 0.274. The van der Waals surface area contributed by atoms with Gasteiger partial charge in [-0.05, 0) is 35.2 Å². The van der Waals surface area contributed by atoms with E-state index in [1.807, 2.05) is 24.3 Å². The second-order valence-electron chi connectivity index (χ2n) is 4.81. The molecule has 2 aromatic rings. The zero-order chi connectivity index (χ0) is 13.7. The highest BCUT2D eigenvalue weighted by atomic mass is 16.5.